The van der Waals surface area contributed by atoms with E-state index in [-0.39, 0.29) is 11.6 Å². The number of methoxy groups -OCH3 is 1. The molecule has 8 heteroatoms. The van der Waals surface area contributed by atoms with Crippen molar-refractivity contribution in [1.29, 1.82) is 0 Å². The summed E-state index contributed by atoms with van der Waals surface area (Å²) in [5, 5.41) is 9.62. The van der Waals surface area contributed by atoms with Gasteiger partial charge in [-0.15, -0.1) is 0 Å². The van der Waals surface area contributed by atoms with Crippen molar-refractivity contribution in [2.45, 2.75) is 6.54 Å². The van der Waals surface area contributed by atoms with Gasteiger partial charge in [-0.25, -0.2) is 9.97 Å². The van der Waals surface area contributed by atoms with Gasteiger partial charge in [0.25, 0.3) is 5.91 Å². The van der Waals surface area contributed by atoms with E-state index >= 15 is 0 Å². The van der Waals surface area contributed by atoms with Crippen LogP contribution in [0.4, 0.5) is 0 Å². The van der Waals surface area contributed by atoms with Crippen LogP contribution in [0.1, 0.15) is 16.1 Å². The SMILES string of the molecule is COc1cccc(CNC(=O)c2nc(-c3cn[nH]c3)ccc2-c2ncc[nH]2)c1. The van der Waals surface area contributed by atoms with Crippen LogP contribution in [0.5, 0.6) is 5.75 Å². The topological polar surface area (TPSA) is 109 Å². The van der Waals surface area contributed by atoms with Gasteiger partial charge in [0.15, 0.2) is 0 Å². The highest BCUT2D eigenvalue weighted by molar-refractivity contribution is 5.98. The Labute approximate surface area is 161 Å². The fraction of sp³-hybridized carbons (Fsp3) is 0.100. The van der Waals surface area contributed by atoms with E-state index in [2.05, 4.69) is 30.5 Å². The second-order valence-corrected chi connectivity index (χ2v) is 6.05. The molecule has 0 unspecified atom stereocenters. The molecule has 0 bridgehead atoms. The van der Waals surface area contributed by atoms with Gasteiger partial charge in [-0.05, 0) is 29.8 Å². The standard InChI is InChI=1S/C20H18N6O2/c1-28-15-4-2-3-13(9-15)10-23-20(27)18-16(19-21-7-8-22-19)5-6-17(26-18)14-11-24-25-12-14/h2-9,11-12H,10H2,1H3,(H,21,22)(H,23,27)(H,24,25). The Balaban J connectivity index is 1.63. The number of hydrogen-bond donors (Lipinski definition) is 3. The number of carbonyl (C=O) groups is 1. The highest BCUT2D eigenvalue weighted by Gasteiger charge is 2.18. The van der Waals surface area contributed by atoms with Gasteiger partial charge in [-0.2, -0.15) is 5.10 Å². The quantitative estimate of drug-likeness (QED) is 0.481. The number of benzene rings is 1. The Hall–Kier alpha value is -3.94. The molecule has 0 aliphatic rings. The van der Waals surface area contributed by atoms with Gasteiger partial charge in [0.2, 0.25) is 0 Å². The van der Waals surface area contributed by atoms with Crippen LogP contribution in [-0.4, -0.2) is 38.2 Å². The van der Waals surface area contributed by atoms with Crippen molar-refractivity contribution in [3.8, 4) is 28.4 Å². The predicted molar refractivity (Wildman–Crippen MR) is 104 cm³/mol. The molecule has 3 aromatic heterocycles. The van der Waals surface area contributed by atoms with Crippen LogP contribution < -0.4 is 10.1 Å². The second-order valence-electron chi connectivity index (χ2n) is 6.05. The fourth-order valence-electron chi connectivity index (χ4n) is 2.84. The van der Waals surface area contributed by atoms with Crippen molar-refractivity contribution in [3.63, 3.8) is 0 Å². The van der Waals surface area contributed by atoms with Crippen molar-refractivity contribution >= 4 is 5.91 Å². The van der Waals surface area contributed by atoms with Crippen molar-refractivity contribution in [3.05, 3.63) is 72.4 Å². The van der Waals surface area contributed by atoms with Gasteiger partial charge in [-0.1, -0.05) is 12.1 Å². The van der Waals surface area contributed by atoms with Crippen molar-refractivity contribution < 1.29 is 9.53 Å². The minimum absolute atomic E-state index is 0.288. The first-order chi connectivity index (χ1) is 13.7. The van der Waals surface area contributed by atoms with Crippen molar-refractivity contribution in [2.24, 2.45) is 0 Å². The summed E-state index contributed by atoms with van der Waals surface area (Å²) in [5.74, 6) is 1.03. The monoisotopic (exact) mass is 374 g/mol. The van der Waals surface area contributed by atoms with Gasteiger partial charge in [0.05, 0.1) is 19.0 Å². The Morgan fingerprint density at radius 1 is 1.25 bits per heavy atom. The minimum Gasteiger partial charge on any atom is -0.497 e. The third-order valence-corrected chi connectivity index (χ3v) is 4.24. The summed E-state index contributed by atoms with van der Waals surface area (Å²) in [7, 11) is 1.61. The molecular weight excluding hydrogens is 356 g/mol. The van der Waals surface area contributed by atoms with Crippen LogP contribution in [0, 0.1) is 0 Å². The third kappa shape index (κ3) is 3.61. The molecule has 8 nitrogen and oxygen atoms in total. The Bertz CT molecular complexity index is 1070. The van der Waals surface area contributed by atoms with Crippen LogP contribution in [-0.2, 0) is 6.54 Å². The van der Waals surface area contributed by atoms with E-state index < -0.39 is 0 Å². The molecule has 0 atom stereocenters. The first-order valence-corrected chi connectivity index (χ1v) is 8.65. The molecule has 1 amide bonds. The van der Waals surface area contributed by atoms with Crippen LogP contribution >= 0.6 is 0 Å². The normalized spacial score (nSPS) is 10.6. The van der Waals surface area contributed by atoms with Crippen LogP contribution in [0.3, 0.4) is 0 Å². The molecule has 0 spiro atoms. The molecule has 0 saturated heterocycles. The number of aromatic nitrogens is 5. The molecule has 4 aromatic rings. The van der Waals surface area contributed by atoms with Crippen LogP contribution in [0.15, 0.2) is 61.2 Å². The first kappa shape index (κ1) is 17.5. The Morgan fingerprint density at radius 3 is 2.93 bits per heavy atom. The first-order valence-electron chi connectivity index (χ1n) is 8.65. The molecule has 140 valence electrons. The summed E-state index contributed by atoms with van der Waals surface area (Å²) >= 11 is 0. The predicted octanol–water partition coefficient (Wildman–Crippen LogP) is 2.80. The number of imidazole rings is 1. The zero-order valence-electron chi connectivity index (χ0n) is 15.1. The second kappa shape index (κ2) is 7.75. The maximum Gasteiger partial charge on any atom is 0.270 e. The summed E-state index contributed by atoms with van der Waals surface area (Å²) < 4.78 is 5.23. The number of nitrogens with one attached hydrogen (secondary N) is 3. The lowest BCUT2D eigenvalue weighted by atomic mass is 10.1. The molecular formula is C20H18N6O2. The molecule has 28 heavy (non-hydrogen) atoms. The molecule has 3 N–H and O–H groups in total. The summed E-state index contributed by atoms with van der Waals surface area (Å²) in [6, 6.07) is 11.2. The molecule has 1 aromatic carbocycles. The summed E-state index contributed by atoms with van der Waals surface area (Å²) in [6.07, 6.45) is 6.73. The number of amides is 1. The number of hydrogen-bond acceptors (Lipinski definition) is 5. The lowest BCUT2D eigenvalue weighted by Crippen LogP contribution is -2.25. The van der Waals surface area contributed by atoms with Crippen molar-refractivity contribution in [2.75, 3.05) is 7.11 Å². The third-order valence-electron chi connectivity index (χ3n) is 4.24. The summed E-state index contributed by atoms with van der Waals surface area (Å²) in [5.41, 5.74) is 3.29. The average Bonchev–Trinajstić information content (AvgIpc) is 3.46. The smallest absolute Gasteiger partial charge is 0.270 e. The molecule has 3 heterocycles. The molecule has 0 radical (unpaired) electrons. The van der Waals surface area contributed by atoms with Crippen LogP contribution in [0.25, 0.3) is 22.6 Å². The maximum atomic E-state index is 12.9. The number of rotatable bonds is 6. The molecule has 0 saturated carbocycles. The Kier molecular flexibility index (Phi) is 4.83. The summed E-state index contributed by atoms with van der Waals surface area (Å²) in [6.45, 7) is 0.352. The van der Waals surface area contributed by atoms with E-state index in [4.69, 9.17) is 4.74 Å². The van der Waals surface area contributed by atoms with Gasteiger partial charge < -0.3 is 15.0 Å². The number of ether oxygens (including phenoxy) is 1. The number of pyridine rings is 1. The molecule has 0 aliphatic carbocycles. The van der Waals surface area contributed by atoms with Gasteiger partial charge in [0.1, 0.15) is 17.3 Å². The number of carbonyl (C=O) groups excluding carboxylic acids is 1. The zero-order valence-corrected chi connectivity index (χ0v) is 15.1. The zero-order chi connectivity index (χ0) is 19.3. The van der Waals surface area contributed by atoms with E-state index in [1.807, 2.05) is 36.4 Å². The van der Waals surface area contributed by atoms with Crippen molar-refractivity contribution in [1.82, 2.24) is 30.5 Å². The minimum atomic E-state index is -0.292. The Morgan fingerprint density at radius 2 is 2.18 bits per heavy atom. The lowest BCUT2D eigenvalue weighted by Gasteiger charge is -2.10. The highest BCUT2D eigenvalue weighted by Crippen LogP contribution is 2.24. The maximum absolute atomic E-state index is 12.9. The van der Waals surface area contributed by atoms with Gasteiger partial charge >= 0.3 is 0 Å². The van der Waals surface area contributed by atoms with E-state index in [0.29, 0.717) is 23.6 Å². The number of nitrogens with zero attached hydrogens (tertiary/aromatic N) is 3. The largest absolute Gasteiger partial charge is 0.497 e. The fourth-order valence-corrected chi connectivity index (χ4v) is 2.84. The molecule has 0 fully saturated rings. The number of H-pyrrole nitrogens is 2. The highest BCUT2D eigenvalue weighted by atomic mass is 16.5. The van der Waals surface area contributed by atoms with E-state index in [0.717, 1.165) is 16.9 Å². The van der Waals surface area contributed by atoms with E-state index in [9.17, 15) is 4.79 Å². The lowest BCUT2D eigenvalue weighted by molar-refractivity contribution is 0.0946. The van der Waals surface area contributed by atoms with E-state index in [1.54, 1.807) is 31.9 Å². The average molecular weight is 374 g/mol. The molecule has 0 aliphatic heterocycles. The molecule has 4 rings (SSSR count). The van der Waals surface area contributed by atoms with Gasteiger partial charge in [0, 0.05) is 36.3 Å². The van der Waals surface area contributed by atoms with E-state index in [1.165, 1.54) is 0 Å². The number of aromatic amines is 2. The summed E-state index contributed by atoms with van der Waals surface area (Å²) in [4.78, 5) is 24.8. The van der Waals surface area contributed by atoms with Crippen LogP contribution in [0.2, 0.25) is 0 Å². The van der Waals surface area contributed by atoms with Gasteiger partial charge in [-0.3, -0.25) is 9.89 Å².